The average molecular weight is 273 g/mol. The zero-order chi connectivity index (χ0) is 14.4. The Hall–Kier alpha value is -1.81. The van der Waals surface area contributed by atoms with Crippen molar-refractivity contribution in [1.82, 2.24) is 15.5 Å². The third kappa shape index (κ3) is 3.84. The third-order valence-corrected chi connectivity index (χ3v) is 3.26. The molecule has 1 unspecified atom stereocenters. The molecule has 2 aromatic rings. The highest BCUT2D eigenvalue weighted by atomic mass is 16.5. The first-order valence-electron chi connectivity index (χ1n) is 7.25. The van der Waals surface area contributed by atoms with Crippen molar-refractivity contribution in [2.45, 2.75) is 39.8 Å². The zero-order valence-electron chi connectivity index (χ0n) is 12.4. The number of nitrogens with one attached hydrogen (secondary N) is 2. The molecule has 20 heavy (non-hydrogen) atoms. The summed E-state index contributed by atoms with van der Waals surface area (Å²) in [6, 6.07) is 10.2. The molecule has 2 N–H and O–H groups in total. The smallest absolute Gasteiger partial charge is 0.119 e. The van der Waals surface area contributed by atoms with Crippen LogP contribution in [0.2, 0.25) is 0 Å². The Morgan fingerprint density at radius 1 is 1.25 bits per heavy atom. The molecule has 108 valence electrons. The van der Waals surface area contributed by atoms with Crippen LogP contribution in [-0.2, 0) is 6.54 Å². The van der Waals surface area contributed by atoms with Gasteiger partial charge in [0.15, 0.2) is 0 Å². The Morgan fingerprint density at radius 2 is 2.00 bits per heavy atom. The third-order valence-electron chi connectivity index (χ3n) is 3.26. The van der Waals surface area contributed by atoms with E-state index in [0.717, 1.165) is 42.2 Å². The van der Waals surface area contributed by atoms with Crippen LogP contribution in [0.15, 0.2) is 30.3 Å². The fraction of sp³-hybridized carbons (Fsp3) is 0.438. The Morgan fingerprint density at radius 3 is 2.65 bits per heavy atom. The van der Waals surface area contributed by atoms with E-state index in [1.54, 1.807) is 0 Å². The van der Waals surface area contributed by atoms with E-state index in [-0.39, 0.29) is 6.10 Å². The molecule has 0 amide bonds. The second-order valence-corrected chi connectivity index (χ2v) is 4.92. The van der Waals surface area contributed by atoms with Gasteiger partial charge < -0.3 is 10.1 Å². The number of aromatic nitrogens is 2. The van der Waals surface area contributed by atoms with Gasteiger partial charge in [-0.05, 0) is 50.2 Å². The monoisotopic (exact) mass is 273 g/mol. The van der Waals surface area contributed by atoms with Crippen molar-refractivity contribution in [3.63, 3.8) is 0 Å². The summed E-state index contributed by atoms with van der Waals surface area (Å²) in [7, 11) is 0. The zero-order valence-corrected chi connectivity index (χ0v) is 12.4. The van der Waals surface area contributed by atoms with Gasteiger partial charge in [0.2, 0.25) is 0 Å². The SMILES string of the molecule is CCNCc1cc(-c2ccc(OC(C)CC)cc2)n[nH]1. The van der Waals surface area contributed by atoms with Crippen LogP contribution in [0.1, 0.15) is 32.9 Å². The largest absolute Gasteiger partial charge is 0.491 e. The van der Waals surface area contributed by atoms with Crippen LogP contribution in [-0.4, -0.2) is 22.8 Å². The number of aromatic amines is 1. The summed E-state index contributed by atoms with van der Waals surface area (Å²) in [5.41, 5.74) is 3.16. The minimum absolute atomic E-state index is 0.248. The first-order valence-corrected chi connectivity index (χ1v) is 7.25. The molecular formula is C16H23N3O. The molecule has 0 saturated heterocycles. The number of hydrogen-bond donors (Lipinski definition) is 2. The molecule has 0 aliphatic rings. The summed E-state index contributed by atoms with van der Waals surface area (Å²) in [6.45, 7) is 8.06. The highest BCUT2D eigenvalue weighted by molar-refractivity contribution is 5.60. The predicted octanol–water partition coefficient (Wildman–Crippen LogP) is 3.36. The van der Waals surface area contributed by atoms with Crippen molar-refractivity contribution < 1.29 is 4.74 Å². The van der Waals surface area contributed by atoms with E-state index in [1.165, 1.54) is 0 Å². The molecule has 1 aromatic heterocycles. The Bertz CT molecular complexity index is 519. The number of nitrogens with zero attached hydrogens (tertiary/aromatic N) is 1. The Labute approximate surface area is 120 Å². The second kappa shape index (κ2) is 7.10. The lowest BCUT2D eigenvalue weighted by Gasteiger charge is -2.12. The maximum Gasteiger partial charge on any atom is 0.119 e. The van der Waals surface area contributed by atoms with E-state index < -0.39 is 0 Å². The van der Waals surface area contributed by atoms with Crippen LogP contribution in [0.4, 0.5) is 0 Å². The van der Waals surface area contributed by atoms with Crippen LogP contribution in [0.25, 0.3) is 11.3 Å². The van der Waals surface area contributed by atoms with Crippen LogP contribution in [0, 0.1) is 0 Å². The molecule has 0 bridgehead atoms. The molecular weight excluding hydrogens is 250 g/mol. The highest BCUT2D eigenvalue weighted by Crippen LogP contribution is 2.22. The van der Waals surface area contributed by atoms with E-state index in [2.05, 4.69) is 42.4 Å². The fourth-order valence-corrected chi connectivity index (χ4v) is 1.88. The number of rotatable bonds is 7. The van der Waals surface area contributed by atoms with Gasteiger partial charge in [0.25, 0.3) is 0 Å². The van der Waals surface area contributed by atoms with Crippen LogP contribution in [0.3, 0.4) is 0 Å². The second-order valence-electron chi connectivity index (χ2n) is 4.92. The summed E-state index contributed by atoms with van der Waals surface area (Å²) in [5, 5.41) is 10.7. The topological polar surface area (TPSA) is 49.9 Å². The molecule has 1 aromatic carbocycles. The Kier molecular flexibility index (Phi) is 5.18. The summed E-state index contributed by atoms with van der Waals surface area (Å²) < 4.78 is 5.77. The van der Waals surface area contributed by atoms with Gasteiger partial charge in [-0.25, -0.2) is 0 Å². The van der Waals surface area contributed by atoms with Gasteiger partial charge in [-0.2, -0.15) is 5.10 Å². The molecule has 4 heteroatoms. The highest BCUT2D eigenvalue weighted by Gasteiger charge is 2.05. The molecule has 1 atom stereocenters. The molecule has 4 nitrogen and oxygen atoms in total. The van der Waals surface area contributed by atoms with Gasteiger partial charge in [0.1, 0.15) is 5.75 Å². The van der Waals surface area contributed by atoms with Crippen molar-refractivity contribution in [1.29, 1.82) is 0 Å². The normalized spacial score (nSPS) is 12.3. The summed E-state index contributed by atoms with van der Waals surface area (Å²) in [4.78, 5) is 0. The standard InChI is InChI=1S/C16H23N3O/c1-4-12(3)20-15-8-6-13(7-9-15)16-10-14(18-19-16)11-17-5-2/h6-10,12,17H,4-5,11H2,1-3H3,(H,18,19). The fourth-order valence-electron chi connectivity index (χ4n) is 1.88. The minimum Gasteiger partial charge on any atom is -0.491 e. The first-order chi connectivity index (χ1) is 9.72. The van der Waals surface area contributed by atoms with Gasteiger partial charge in [-0.1, -0.05) is 13.8 Å². The number of ether oxygens (including phenoxy) is 1. The van der Waals surface area contributed by atoms with Crippen LogP contribution < -0.4 is 10.1 Å². The van der Waals surface area contributed by atoms with Crippen molar-refractivity contribution in [3.8, 4) is 17.0 Å². The molecule has 0 radical (unpaired) electrons. The molecule has 1 heterocycles. The summed E-state index contributed by atoms with van der Waals surface area (Å²) >= 11 is 0. The van der Waals surface area contributed by atoms with Gasteiger partial charge in [-0.15, -0.1) is 0 Å². The lowest BCUT2D eigenvalue weighted by molar-refractivity contribution is 0.217. The van der Waals surface area contributed by atoms with E-state index in [9.17, 15) is 0 Å². The molecule has 0 saturated carbocycles. The predicted molar refractivity (Wildman–Crippen MR) is 81.8 cm³/mol. The average Bonchev–Trinajstić information content (AvgIpc) is 2.94. The quantitative estimate of drug-likeness (QED) is 0.813. The van der Waals surface area contributed by atoms with Crippen molar-refractivity contribution in [3.05, 3.63) is 36.0 Å². The molecule has 0 fully saturated rings. The van der Waals surface area contributed by atoms with Crippen LogP contribution >= 0.6 is 0 Å². The summed E-state index contributed by atoms with van der Waals surface area (Å²) in [5.74, 6) is 0.909. The molecule has 0 spiro atoms. The van der Waals surface area contributed by atoms with Gasteiger partial charge in [0.05, 0.1) is 11.8 Å². The van der Waals surface area contributed by atoms with E-state index in [4.69, 9.17) is 4.74 Å². The van der Waals surface area contributed by atoms with E-state index in [0.29, 0.717) is 0 Å². The number of benzene rings is 1. The van der Waals surface area contributed by atoms with Crippen molar-refractivity contribution in [2.24, 2.45) is 0 Å². The van der Waals surface area contributed by atoms with Crippen molar-refractivity contribution in [2.75, 3.05) is 6.54 Å². The van der Waals surface area contributed by atoms with E-state index >= 15 is 0 Å². The lowest BCUT2D eigenvalue weighted by Crippen LogP contribution is -2.11. The first kappa shape index (κ1) is 14.6. The number of H-pyrrole nitrogens is 1. The van der Waals surface area contributed by atoms with Gasteiger partial charge >= 0.3 is 0 Å². The minimum atomic E-state index is 0.248. The van der Waals surface area contributed by atoms with Gasteiger partial charge in [0, 0.05) is 17.8 Å². The maximum atomic E-state index is 5.77. The van der Waals surface area contributed by atoms with Gasteiger partial charge in [-0.3, -0.25) is 5.10 Å². The molecule has 0 aliphatic heterocycles. The maximum absolute atomic E-state index is 5.77. The molecule has 2 rings (SSSR count). The van der Waals surface area contributed by atoms with Crippen molar-refractivity contribution >= 4 is 0 Å². The lowest BCUT2D eigenvalue weighted by atomic mass is 10.1. The number of hydrogen-bond acceptors (Lipinski definition) is 3. The molecule has 0 aliphatic carbocycles. The summed E-state index contributed by atoms with van der Waals surface area (Å²) in [6.07, 6.45) is 1.26. The Balaban J connectivity index is 2.03. The van der Waals surface area contributed by atoms with Crippen LogP contribution in [0.5, 0.6) is 5.75 Å². The van der Waals surface area contributed by atoms with E-state index in [1.807, 2.05) is 24.3 Å².